The lowest BCUT2D eigenvalue weighted by Gasteiger charge is -2.14. The van der Waals surface area contributed by atoms with Gasteiger partial charge in [0, 0.05) is 17.1 Å². The van der Waals surface area contributed by atoms with E-state index < -0.39 is 5.97 Å². The number of rotatable bonds is 8. The van der Waals surface area contributed by atoms with Crippen molar-refractivity contribution in [3.05, 3.63) is 57.1 Å². The Morgan fingerprint density at radius 1 is 1.23 bits per heavy atom. The molecular formula is C21H21N3O4S3. The molecule has 7 nitrogen and oxygen atoms in total. The molecule has 1 aromatic carbocycles. The molecule has 1 N–H and O–H groups in total. The maximum Gasteiger partial charge on any atom is 0.338 e. The molecule has 0 bridgehead atoms. The SMILES string of the molecule is CN(C)CCOC(=O)c1ccc(NC(=O)CN2C(=O)/C(=C\c3cccs3)SC2=S)cc1. The summed E-state index contributed by atoms with van der Waals surface area (Å²) in [5, 5.41) is 4.64. The largest absolute Gasteiger partial charge is 0.461 e. The van der Waals surface area contributed by atoms with E-state index >= 15 is 0 Å². The van der Waals surface area contributed by atoms with Crippen LogP contribution in [0.4, 0.5) is 5.69 Å². The van der Waals surface area contributed by atoms with Crippen molar-refractivity contribution in [2.24, 2.45) is 0 Å². The third kappa shape index (κ3) is 6.47. The maximum atomic E-state index is 12.6. The molecule has 1 aliphatic heterocycles. The number of thioether (sulfide) groups is 1. The third-order valence-corrected chi connectivity index (χ3v) is 6.36. The van der Waals surface area contributed by atoms with Crippen molar-refractivity contribution in [1.82, 2.24) is 9.80 Å². The quantitative estimate of drug-likeness (QED) is 0.357. The van der Waals surface area contributed by atoms with Gasteiger partial charge in [-0.05, 0) is 55.9 Å². The van der Waals surface area contributed by atoms with Gasteiger partial charge < -0.3 is 15.0 Å². The molecule has 2 aromatic rings. The number of carbonyl (C=O) groups is 3. The summed E-state index contributed by atoms with van der Waals surface area (Å²) in [5.41, 5.74) is 0.904. The molecule has 31 heavy (non-hydrogen) atoms. The van der Waals surface area contributed by atoms with E-state index in [1.54, 1.807) is 30.3 Å². The van der Waals surface area contributed by atoms with Gasteiger partial charge >= 0.3 is 5.97 Å². The van der Waals surface area contributed by atoms with Crippen LogP contribution in [0.2, 0.25) is 0 Å². The molecule has 0 saturated carbocycles. The molecule has 162 valence electrons. The zero-order chi connectivity index (χ0) is 22.4. The second kappa shape index (κ2) is 10.7. The molecule has 1 saturated heterocycles. The predicted octanol–water partition coefficient (Wildman–Crippen LogP) is 3.31. The number of nitrogens with zero attached hydrogens (tertiary/aromatic N) is 2. The number of hydrogen-bond acceptors (Lipinski definition) is 8. The Kier molecular flexibility index (Phi) is 7.97. The molecule has 10 heteroatoms. The Morgan fingerprint density at radius 2 is 1.97 bits per heavy atom. The maximum absolute atomic E-state index is 12.6. The molecule has 1 aliphatic rings. The minimum absolute atomic E-state index is 0.180. The van der Waals surface area contributed by atoms with Gasteiger partial charge in [0.1, 0.15) is 17.5 Å². The van der Waals surface area contributed by atoms with Crippen molar-refractivity contribution in [2.45, 2.75) is 0 Å². The van der Waals surface area contributed by atoms with E-state index in [0.29, 0.717) is 33.6 Å². The molecule has 2 heterocycles. The number of esters is 1. The highest BCUT2D eigenvalue weighted by atomic mass is 32.2. The molecule has 1 aromatic heterocycles. The number of anilines is 1. The van der Waals surface area contributed by atoms with E-state index in [-0.39, 0.29) is 18.4 Å². The van der Waals surface area contributed by atoms with Crippen LogP contribution in [0.5, 0.6) is 0 Å². The Labute approximate surface area is 194 Å². The number of ether oxygens (including phenoxy) is 1. The fourth-order valence-electron chi connectivity index (χ4n) is 2.58. The van der Waals surface area contributed by atoms with E-state index in [4.69, 9.17) is 17.0 Å². The summed E-state index contributed by atoms with van der Waals surface area (Å²) in [6.07, 6.45) is 1.78. The first kappa shape index (κ1) is 23.1. The van der Waals surface area contributed by atoms with Gasteiger partial charge in [-0.3, -0.25) is 14.5 Å². The summed E-state index contributed by atoms with van der Waals surface area (Å²) in [6, 6.07) is 10.2. The molecule has 0 spiro atoms. The zero-order valence-electron chi connectivity index (χ0n) is 17.0. The van der Waals surface area contributed by atoms with E-state index in [9.17, 15) is 14.4 Å². The number of thiocarbonyl (C=S) groups is 1. The van der Waals surface area contributed by atoms with Crippen LogP contribution >= 0.6 is 35.3 Å². The van der Waals surface area contributed by atoms with Crippen LogP contribution < -0.4 is 5.32 Å². The number of benzene rings is 1. The second-order valence-corrected chi connectivity index (χ2v) is 9.50. The van der Waals surface area contributed by atoms with E-state index in [2.05, 4.69) is 5.32 Å². The lowest BCUT2D eigenvalue weighted by molar-refractivity contribution is -0.126. The molecule has 0 radical (unpaired) electrons. The summed E-state index contributed by atoms with van der Waals surface area (Å²) in [6.45, 7) is 0.759. The highest BCUT2D eigenvalue weighted by Gasteiger charge is 2.33. The highest BCUT2D eigenvalue weighted by molar-refractivity contribution is 8.26. The molecule has 1 fully saturated rings. The number of likely N-dealkylation sites (N-methyl/N-ethyl adjacent to an activating group) is 1. The first-order chi connectivity index (χ1) is 14.8. The summed E-state index contributed by atoms with van der Waals surface area (Å²) < 4.78 is 5.53. The fraction of sp³-hybridized carbons (Fsp3) is 0.238. The van der Waals surface area contributed by atoms with Crippen molar-refractivity contribution in [2.75, 3.05) is 39.1 Å². The van der Waals surface area contributed by atoms with Crippen molar-refractivity contribution in [3.8, 4) is 0 Å². The van der Waals surface area contributed by atoms with Crippen LogP contribution in [-0.4, -0.2) is 65.7 Å². The smallest absolute Gasteiger partial charge is 0.338 e. The lowest BCUT2D eigenvalue weighted by Crippen LogP contribution is -2.36. The topological polar surface area (TPSA) is 79.0 Å². The van der Waals surface area contributed by atoms with Gasteiger partial charge in [-0.2, -0.15) is 0 Å². The van der Waals surface area contributed by atoms with E-state index in [1.165, 1.54) is 28.0 Å². The monoisotopic (exact) mass is 475 g/mol. The molecule has 0 unspecified atom stereocenters. The Bertz CT molecular complexity index is 1000. The summed E-state index contributed by atoms with van der Waals surface area (Å²) in [5.74, 6) is -1.08. The number of amides is 2. The Balaban J connectivity index is 1.54. The number of carbonyl (C=O) groups excluding carboxylic acids is 3. The van der Waals surface area contributed by atoms with Crippen molar-refractivity contribution >= 4 is 69.2 Å². The van der Waals surface area contributed by atoms with Crippen molar-refractivity contribution < 1.29 is 19.1 Å². The summed E-state index contributed by atoms with van der Waals surface area (Å²) in [4.78, 5) is 41.7. The van der Waals surface area contributed by atoms with Crippen LogP contribution in [0, 0.1) is 0 Å². The van der Waals surface area contributed by atoms with Gasteiger partial charge in [0.15, 0.2) is 0 Å². The minimum atomic E-state index is -0.421. The van der Waals surface area contributed by atoms with Crippen LogP contribution in [0.1, 0.15) is 15.2 Å². The van der Waals surface area contributed by atoms with Crippen molar-refractivity contribution in [1.29, 1.82) is 0 Å². The summed E-state index contributed by atoms with van der Waals surface area (Å²) >= 11 is 7.97. The number of nitrogens with one attached hydrogen (secondary N) is 1. The van der Waals surface area contributed by atoms with E-state index in [1.807, 2.05) is 36.5 Å². The highest BCUT2D eigenvalue weighted by Crippen LogP contribution is 2.33. The van der Waals surface area contributed by atoms with Gasteiger partial charge in [0.25, 0.3) is 5.91 Å². The van der Waals surface area contributed by atoms with Gasteiger partial charge in [0.2, 0.25) is 5.91 Å². The van der Waals surface area contributed by atoms with Gasteiger partial charge in [-0.25, -0.2) is 4.79 Å². The first-order valence-electron chi connectivity index (χ1n) is 9.34. The standard InChI is InChI=1S/C21H21N3O4S3/c1-23(2)9-10-28-20(27)14-5-7-15(8-6-14)22-18(25)13-24-19(26)17(31-21(24)29)12-16-4-3-11-30-16/h3-8,11-12H,9-10,13H2,1-2H3,(H,22,25)/b17-12+. The van der Waals surface area contributed by atoms with Gasteiger partial charge in [0.05, 0.1) is 10.5 Å². The zero-order valence-corrected chi connectivity index (χ0v) is 19.4. The Hall–Kier alpha value is -2.53. The summed E-state index contributed by atoms with van der Waals surface area (Å²) in [7, 11) is 3.79. The number of thiophene rings is 1. The van der Waals surface area contributed by atoms with Gasteiger partial charge in [-0.15, -0.1) is 11.3 Å². The van der Waals surface area contributed by atoms with Crippen LogP contribution in [0.25, 0.3) is 6.08 Å². The molecular weight excluding hydrogens is 454 g/mol. The second-order valence-electron chi connectivity index (χ2n) is 6.85. The Morgan fingerprint density at radius 3 is 2.61 bits per heavy atom. The predicted molar refractivity (Wildman–Crippen MR) is 128 cm³/mol. The lowest BCUT2D eigenvalue weighted by atomic mass is 10.2. The fourth-order valence-corrected chi connectivity index (χ4v) is 4.55. The third-order valence-electron chi connectivity index (χ3n) is 4.17. The average Bonchev–Trinajstić information content (AvgIpc) is 3.32. The van der Waals surface area contributed by atoms with Gasteiger partial charge in [-0.1, -0.05) is 30.0 Å². The first-order valence-corrected chi connectivity index (χ1v) is 11.4. The number of hydrogen-bond donors (Lipinski definition) is 1. The molecule has 2 amide bonds. The normalized spacial score (nSPS) is 15.1. The average molecular weight is 476 g/mol. The molecule has 0 atom stereocenters. The van der Waals surface area contributed by atoms with Crippen LogP contribution in [0.3, 0.4) is 0 Å². The van der Waals surface area contributed by atoms with E-state index in [0.717, 1.165) is 4.88 Å². The minimum Gasteiger partial charge on any atom is -0.461 e. The van der Waals surface area contributed by atoms with Crippen LogP contribution in [0.15, 0.2) is 46.7 Å². The van der Waals surface area contributed by atoms with Crippen molar-refractivity contribution in [3.63, 3.8) is 0 Å². The molecule has 3 rings (SSSR count). The van der Waals surface area contributed by atoms with Crippen LogP contribution in [-0.2, 0) is 14.3 Å². The molecule has 0 aliphatic carbocycles.